The molecule has 1 heterocycles. The SMILES string of the molecule is Cc1cc(CC=O)c(F)cc1Oc1ccnc2ccc(C(=O)NC(C)(C)C)cc12. The molecule has 29 heavy (non-hydrogen) atoms. The summed E-state index contributed by atoms with van der Waals surface area (Å²) in [6.45, 7) is 7.52. The maximum absolute atomic E-state index is 14.3. The molecule has 6 heteroatoms. The minimum absolute atomic E-state index is 0.0113. The fourth-order valence-electron chi connectivity index (χ4n) is 2.96. The molecule has 0 atom stereocenters. The Labute approximate surface area is 168 Å². The molecule has 0 aliphatic carbocycles. The van der Waals surface area contributed by atoms with Crippen molar-refractivity contribution in [3.8, 4) is 11.5 Å². The van der Waals surface area contributed by atoms with Crippen molar-refractivity contribution < 1.29 is 18.7 Å². The van der Waals surface area contributed by atoms with E-state index >= 15 is 0 Å². The van der Waals surface area contributed by atoms with E-state index in [1.165, 1.54) is 6.07 Å². The summed E-state index contributed by atoms with van der Waals surface area (Å²) in [5, 5.41) is 3.57. The Balaban J connectivity index is 2.00. The summed E-state index contributed by atoms with van der Waals surface area (Å²) in [5.74, 6) is 0.108. The van der Waals surface area contributed by atoms with Gasteiger partial charge >= 0.3 is 0 Å². The van der Waals surface area contributed by atoms with Gasteiger partial charge in [0.2, 0.25) is 0 Å². The third-order valence-corrected chi connectivity index (χ3v) is 4.32. The Morgan fingerprint density at radius 2 is 1.93 bits per heavy atom. The molecule has 1 amide bonds. The molecule has 150 valence electrons. The van der Waals surface area contributed by atoms with E-state index in [1.807, 2.05) is 20.8 Å². The molecule has 5 nitrogen and oxygen atoms in total. The smallest absolute Gasteiger partial charge is 0.251 e. The Morgan fingerprint density at radius 3 is 2.62 bits per heavy atom. The largest absolute Gasteiger partial charge is 0.456 e. The highest BCUT2D eigenvalue weighted by Crippen LogP contribution is 2.32. The van der Waals surface area contributed by atoms with Gasteiger partial charge in [-0.2, -0.15) is 0 Å². The topological polar surface area (TPSA) is 68.3 Å². The van der Waals surface area contributed by atoms with Crippen LogP contribution < -0.4 is 10.1 Å². The molecular formula is C23H23FN2O3. The molecule has 0 aliphatic rings. The number of carbonyl (C=O) groups is 2. The van der Waals surface area contributed by atoms with Crippen LogP contribution >= 0.6 is 0 Å². The van der Waals surface area contributed by atoms with Crippen molar-refractivity contribution in [1.82, 2.24) is 10.3 Å². The predicted molar refractivity (Wildman–Crippen MR) is 110 cm³/mol. The zero-order valence-electron chi connectivity index (χ0n) is 16.9. The van der Waals surface area contributed by atoms with E-state index < -0.39 is 5.82 Å². The molecule has 0 aliphatic heterocycles. The summed E-state index contributed by atoms with van der Waals surface area (Å²) in [6.07, 6.45) is 2.27. The number of rotatable bonds is 5. The molecule has 0 saturated carbocycles. The number of carbonyl (C=O) groups excluding carboxylic acids is 2. The molecule has 0 spiro atoms. The molecule has 0 radical (unpaired) electrons. The highest BCUT2D eigenvalue weighted by atomic mass is 19.1. The average molecular weight is 394 g/mol. The van der Waals surface area contributed by atoms with E-state index in [9.17, 15) is 14.0 Å². The zero-order chi connectivity index (χ0) is 21.2. The lowest BCUT2D eigenvalue weighted by atomic mass is 10.1. The van der Waals surface area contributed by atoms with Crippen LogP contribution in [0.1, 0.15) is 42.3 Å². The van der Waals surface area contributed by atoms with Gasteiger partial charge < -0.3 is 14.8 Å². The molecule has 0 saturated heterocycles. The van der Waals surface area contributed by atoms with Crippen LogP contribution in [0.2, 0.25) is 0 Å². The van der Waals surface area contributed by atoms with E-state index in [2.05, 4.69) is 10.3 Å². The van der Waals surface area contributed by atoms with Crippen LogP contribution in [0, 0.1) is 12.7 Å². The second-order valence-electron chi connectivity index (χ2n) is 7.93. The van der Waals surface area contributed by atoms with Gasteiger partial charge in [-0.3, -0.25) is 9.78 Å². The number of benzene rings is 2. The molecule has 1 N–H and O–H groups in total. The number of fused-ring (bicyclic) bond motifs is 1. The second-order valence-corrected chi connectivity index (χ2v) is 7.93. The number of aryl methyl sites for hydroxylation is 1. The summed E-state index contributed by atoms with van der Waals surface area (Å²) in [7, 11) is 0. The van der Waals surface area contributed by atoms with Crippen LogP contribution in [0.3, 0.4) is 0 Å². The van der Waals surface area contributed by atoms with E-state index in [-0.39, 0.29) is 17.9 Å². The maximum Gasteiger partial charge on any atom is 0.251 e. The van der Waals surface area contributed by atoms with Crippen LogP contribution in [0.25, 0.3) is 10.9 Å². The molecule has 3 aromatic rings. The van der Waals surface area contributed by atoms with Gasteiger partial charge in [-0.15, -0.1) is 0 Å². The fraction of sp³-hybridized carbons (Fsp3) is 0.261. The Morgan fingerprint density at radius 1 is 1.17 bits per heavy atom. The molecule has 0 bridgehead atoms. The summed E-state index contributed by atoms with van der Waals surface area (Å²) in [5.41, 5.74) is 1.80. The van der Waals surface area contributed by atoms with E-state index in [1.54, 1.807) is 43.5 Å². The Bertz CT molecular complexity index is 1090. The van der Waals surface area contributed by atoms with E-state index in [0.717, 1.165) is 0 Å². The Kier molecular flexibility index (Phi) is 5.64. The van der Waals surface area contributed by atoms with Gasteiger partial charge in [-0.1, -0.05) is 0 Å². The first-order valence-electron chi connectivity index (χ1n) is 9.30. The number of aldehydes is 1. The standard InChI is InChI=1S/C23H23FN2O3/c1-14-11-15(8-10-27)18(24)13-21(14)29-20-7-9-25-19-6-5-16(12-17(19)20)22(28)26-23(2,3)4/h5-7,9-13H,8H2,1-4H3,(H,26,28). The van der Waals surface area contributed by atoms with Crippen LogP contribution in [0.4, 0.5) is 4.39 Å². The lowest BCUT2D eigenvalue weighted by molar-refractivity contribution is -0.107. The highest BCUT2D eigenvalue weighted by Gasteiger charge is 2.17. The maximum atomic E-state index is 14.3. The molecular weight excluding hydrogens is 371 g/mol. The Hall–Kier alpha value is -3.28. The molecule has 0 fully saturated rings. The lowest BCUT2D eigenvalue weighted by Gasteiger charge is -2.20. The average Bonchev–Trinajstić information content (AvgIpc) is 2.64. The van der Waals surface area contributed by atoms with Crippen molar-refractivity contribution in [1.29, 1.82) is 0 Å². The van der Waals surface area contributed by atoms with Crippen LogP contribution in [0.5, 0.6) is 11.5 Å². The first-order chi connectivity index (χ1) is 13.7. The van der Waals surface area contributed by atoms with Gasteiger partial charge in [-0.25, -0.2) is 4.39 Å². The van der Waals surface area contributed by atoms with Crippen molar-refractivity contribution in [3.05, 3.63) is 65.1 Å². The van der Waals surface area contributed by atoms with Gasteiger partial charge in [0.1, 0.15) is 23.6 Å². The fourth-order valence-corrected chi connectivity index (χ4v) is 2.96. The number of hydrogen-bond donors (Lipinski definition) is 1. The van der Waals surface area contributed by atoms with E-state index in [4.69, 9.17) is 4.74 Å². The second kappa shape index (κ2) is 7.99. The molecule has 1 aromatic heterocycles. The first-order valence-corrected chi connectivity index (χ1v) is 9.30. The van der Waals surface area contributed by atoms with Gasteiger partial charge in [0.15, 0.2) is 0 Å². The number of pyridine rings is 1. The monoisotopic (exact) mass is 394 g/mol. The number of aromatic nitrogens is 1. The van der Waals surface area contributed by atoms with Crippen molar-refractivity contribution in [3.63, 3.8) is 0 Å². The van der Waals surface area contributed by atoms with E-state index in [0.29, 0.717) is 45.4 Å². The number of hydrogen-bond acceptors (Lipinski definition) is 4. The van der Waals surface area contributed by atoms with Crippen LogP contribution in [-0.2, 0) is 11.2 Å². The minimum atomic E-state index is -0.499. The minimum Gasteiger partial charge on any atom is -0.456 e. The van der Waals surface area contributed by atoms with Gasteiger partial charge in [-0.05, 0) is 69.2 Å². The summed E-state index contributed by atoms with van der Waals surface area (Å²) < 4.78 is 20.2. The molecule has 2 aromatic carbocycles. The summed E-state index contributed by atoms with van der Waals surface area (Å²) in [4.78, 5) is 27.5. The van der Waals surface area contributed by atoms with Crippen molar-refractivity contribution in [2.75, 3.05) is 0 Å². The van der Waals surface area contributed by atoms with Crippen LogP contribution in [0.15, 0.2) is 42.6 Å². The third kappa shape index (κ3) is 4.77. The number of amides is 1. The quantitative estimate of drug-likeness (QED) is 0.635. The van der Waals surface area contributed by atoms with Crippen LogP contribution in [-0.4, -0.2) is 22.7 Å². The third-order valence-electron chi connectivity index (χ3n) is 4.32. The number of nitrogens with one attached hydrogen (secondary N) is 1. The highest BCUT2D eigenvalue weighted by molar-refractivity contribution is 5.99. The number of ether oxygens (including phenoxy) is 1. The zero-order valence-corrected chi connectivity index (χ0v) is 16.9. The van der Waals surface area contributed by atoms with Crippen molar-refractivity contribution >= 4 is 23.1 Å². The molecule has 0 unspecified atom stereocenters. The number of nitrogens with zero attached hydrogens (tertiary/aromatic N) is 1. The lowest BCUT2D eigenvalue weighted by Crippen LogP contribution is -2.40. The van der Waals surface area contributed by atoms with Gasteiger partial charge in [0.25, 0.3) is 5.91 Å². The van der Waals surface area contributed by atoms with Gasteiger partial charge in [0, 0.05) is 35.2 Å². The molecule has 3 rings (SSSR count). The predicted octanol–water partition coefficient (Wildman–Crippen LogP) is 4.74. The first kappa shape index (κ1) is 20.5. The number of halogens is 1. The summed E-state index contributed by atoms with van der Waals surface area (Å²) >= 11 is 0. The van der Waals surface area contributed by atoms with Gasteiger partial charge in [0.05, 0.1) is 5.52 Å². The van der Waals surface area contributed by atoms with Crippen molar-refractivity contribution in [2.24, 2.45) is 0 Å². The van der Waals surface area contributed by atoms with Crippen molar-refractivity contribution in [2.45, 2.75) is 39.7 Å². The summed E-state index contributed by atoms with van der Waals surface area (Å²) in [6, 6.07) is 9.72. The normalized spacial score (nSPS) is 11.3.